The molecular formula is C11H21N3O. The van der Waals surface area contributed by atoms with Gasteiger partial charge < -0.3 is 5.32 Å². The van der Waals surface area contributed by atoms with Crippen LogP contribution in [0, 0.1) is 0 Å². The highest BCUT2D eigenvalue weighted by Gasteiger charge is 2.00. The van der Waals surface area contributed by atoms with Crippen LogP contribution < -0.4 is 11.0 Å². The van der Waals surface area contributed by atoms with Crippen molar-refractivity contribution in [3.05, 3.63) is 22.9 Å². The molecule has 0 radical (unpaired) electrons. The van der Waals surface area contributed by atoms with Crippen LogP contribution in [0.2, 0.25) is 0 Å². The van der Waals surface area contributed by atoms with Gasteiger partial charge in [0.25, 0.3) is 0 Å². The second kappa shape index (κ2) is 5.75. The maximum absolute atomic E-state index is 11.6. The zero-order valence-electron chi connectivity index (χ0n) is 9.86. The van der Waals surface area contributed by atoms with Crippen LogP contribution in [0.15, 0.2) is 17.2 Å². The van der Waals surface area contributed by atoms with Gasteiger partial charge in [0, 0.05) is 31.5 Å². The molecule has 0 aliphatic heterocycles. The summed E-state index contributed by atoms with van der Waals surface area (Å²) in [5, 5.41) is 3.33. The van der Waals surface area contributed by atoms with Gasteiger partial charge in [-0.25, -0.2) is 4.79 Å². The standard InChI is InChI=1S/C11H21N3O/c1-4-13-8-9-14(11(13)15)7-5-6-12-10(2)3/h8-10,12H,4-7H2,1-3H3. The molecule has 0 aromatic carbocycles. The van der Waals surface area contributed by atoms with E-state index in [4.69, 9.17) is 0 Å². The largest absolute Gasteiger partial charge is 0.328 e. The lowest BCUT2D eigenvalue weighted by Gasteiger charge is -2.07. The second-order valence-electron chi connectivity index (χ2n) is 4.02. The van der Waals surface area contributed by atoms with Crippen molar-refractivity contribution in [2.75, 3.05) is 6.54 Å². The average Bonchev–Trinajstić information content (AvgIpc) is 2.54. The van der Waals surface area contributed by atoms with Crippen molar-refractivity contribution in [3.63, 3.8) is 0 Å². The van der Waals surface area contributed by atoms with Crippen molar-refractivity contribution in [1.82, 2.24) is 14.5 Å². The second-order valence-corrected chi connectivity index (χ2v) is 4.02. The summed E-state index contributed by atoms with van der Waals surface area (Å²) in [7, 11) is 0. The molecular weight excluding hydrogens is 190 g/mol. The molecule has 0 fully saturated rings. The maximum Gasteiger partial charge on any atom is 0.328 e. The molecule has 1 aromatic heterocycles. The van der Waals surface area contributed by atoms with Gasteiger partial charge in [-0.2, -0.15) is 0 Å². The molecule has 0 saturated heterocycles. The molecule has 15 heavy (non-hydrogen) atoms. The summed E-state index contributed by atoms with van der Waals surface area (Å²) in [5.74, 6) is 0. The van der Waals surface area contributed by atoms with Crippen LogP contribution in [0.1, 0.15) is 27.2 Å². The number of nitrogens with one attached hydrogen (secondary N) is 1. The molecule has 1 N–H and O–H groups in total. The maximum atomic E-state index is 11.6. The zero-order chi connectivity index (χ0) is 11.3. The van der Waals surface area contributed by atoms with Crippen LogP contribution in [-0.2, 0) is 13.1 Å². The monoisotopic (exact) mass is 211 g/mol. The molecule has 86 valence electrons. The topological polar surface area (TPSA) is 39.0 Å². The van der Waals surface area contributed by atoms with Gasteiger partial charge in [0.05, 0.1) is 0 Å². The fourth-order valence-electron chi connectivity index (χ4n) is 1.50. The Morgan fingerprint density at radius 1 is 1.33 bits per heavy atom. The first-order chi connectivity index (χ1) is 7.15. The van der Waals surface area contributed by atoms with Crippen molar-refractivity contribution in [2.24, 2.45) is 0 Å². The Kier molecular flexibility index (Phi) is 4.62. The molecule has 4 nitrogen and oxygen atoms in total. The van der Waals surface area contributed by atoms with E-state index in [9.17, 15) is 4.79 Å². The minimum Gasteiger partial charge on any atom is -0.314 e. The van der Waals surface area contributed by atoms with Crippen LogP contribution in [0.5, 0.6) is 0 Å². The molecule has 0 aliphatic rings. The summed E-state index contributed by atoms with van der Waals surface area (Å²) >= 11 is 0. The number of imidazole rings is 1. The van der Waals surface area contributed by atoms with Crippen molar-refractivity contribution in [3.8, 4) is 0 Å². The van der Waals surface area contributed by atoms with Gasteiger partial charge in [0.15, 0.2) is 0 Å². The summed E-state index contributed by atoms with van der Waals surface area (Å²) in [6.07, 6.45) is 4.70. The number of nitrogens with zero attached hydrogens (tertiary/aromatic N) is 2. The van der Waals surface area contributed by atoms with Gasteiger partial charge in [0.2, 0.25) is 0 Å². The predicted octanol–water partition coefficient (Wildman–Crippen LogP) is 1.06. The van der Waals surface area contributed by atoms with Crippen LogP contribution in [0.3, 0.4) is 0 Å². The van der Waals surface area contributed by atoms with Gasteiger partial charge in [-0.3, -0.25) is 9.13 Å². The number of hydrogen-bond donors (Lipinski definition) is 1. The molecule has 0 bridgehead atoms. The van der Waals surface area contributed by atoms with Gasteiger partial charge in [-0.15, -0.1) is 0 Å². The first-order valence-electron chi connectivity index (χ1n) is 5.64. The Morgan fingerprint density at radius 2 is 2.00 bits per heavy atom. The normalized spacial score (nSPS) is 11.2. The third kappa shape index (κ3) is 3.55. The van der Waals surface area contributed by atoms with Gasteiger partial charge in [-0.1, -0.05) is 13.8 Å². The van der Waals surface area contributed by atoms with Gasteiger partial charge >= 0.3 is 5.69 Å². The summed E-state index contributed by atoms with van der Waals surface area (Å²) in [6, 6.07) is 0.516. The Morgan fingerprint density at radius 3 is 2.53 bits per heavy atom. The highest BCUT2D eigenvalue weighted by Crippen LogP contribution is 1.89. The SMILES string of the molecule is CCn1ccn(CCCNC(C)C)c1=O. The highest BCUT2D eigenvalue weighted by atomic mass is 16.1. The lowest BCUT2D eigenvalue weighted by molar-refractivity contribution is 0.525. The number of aromatic nitrogens is 2. The average molecular weight is 211 g/mol. The molecule has 0 unspecified atom stereocenters. The lowest BCUT2D eigenvalue weighted by atomic mass is 10.3. The molecule has 4 heteroatoms. The molecule has 1 heterocycles. The number of aryl methyl sites for hydroxylation is 2. The Bertz CT molecular complexity index is 338. The quantitative estimate of drug-likeness (QED) is 0.715. The number of rotatable bonds is 6. The molecule has 0 amide bonds. The van der Waals surface area contributed by atoms with Gasteiger partial charge in [0.1, 0.15) is 0 Å². The summed E-state index contributed by atoms with van der Waals surface area (Å²) in [5.41, 5.74) is 0.0991. The first-order valence-corrected chi connectivity index (χ1v) is 5.64. The molecule has 0 spiro atoms. The van der Waals surface area contributed by atoms with Crippen LogP contribution in [0.4, 0.5) is 0 Å². The summed E-state index contributed by atoms with van der Waals surface area (Å²) in [6.45, 7) is 8.73. The van der Waals surface area contributed by atoms with Crippen molar-refractivity contribution in [2.45, 2.75) is 46.3 Å². The van der Waals surface area contributed by atoms with Crippen LogP contribution in [-0.4, -0.2) is 21.7 Å². The van der Waals surface area contributed by atoms with E-state index >= 15 is 0 Å². The smallest absolute Gasteiger partial charge is 0.314 e. The summed E-state index contributed by atoms with van der Waals surface area (Å²) < 4.78 is 3.49. The van der Waals surface area contributed by atoms with E-state index in [1.165, 1.54) is 0 Å². The van der Waals surface area contributed by atoms with E-state index in [0.29, 0.717) is 6.04 Å². The van der Waals surface area contributed by atoms with Crippen molar-refractivity contribution < 1.29 is 0 Å². The molecule has 1 rings (SSSR count). The van der Waals surface area contributed by atoms with E-state index in [0.717, 1.165) is 26.1 Å². The number of hydrogen-bond acceptors (Lipinski definition) is 2. The molecule has 0 atom stereocenters. The fourth-order valence-corrected chi connectivity index (χ4v) is 1.50. The van der Waals surface area contributed by atoms with Crippen molar-refractivity contribution in [1.29, 1.82) is 0 Å². The fraction of sp³-hybridized carbons (Fsp3) is 0.727. The minimum absolute atomic E-state index is 0.0991. The lowest BCUT2D eigenvalue weighted by Crippen LogP contribution is -2.27. The molecule has 1 aromatic rings. The Labute approximate surface area is 90.9 Å². The van der Waals surface area contributed by atoms with E-state index in [-0.39, 0.29) is 5.69 Å². The molecule has 0 aliphatic carbocycles. The van der Waals surface area contributed by atoms with Crippen LogP contribution in [0.25, 0.3) is 0 Å². The Hall–Kier alpha value is -1.03. The van der Waals surface area contributed by atoms with E-state index in [1.807, 2.05) is 19.3 Å². The van der Waals surface area contributed by atoms with E-state index < -0.39 is 0 Å². The molecule has 0 saturated carbocycles. The first kappa shape index (κ1) is 12.0. The highest BCUT2D eigenvalue weighted by molar-refractivity contribution is 4.80. The Balaban J connectivity index is 2.38. The van der Waals surface area contributed by atoms with Gasteiger partial charge in [-0.05, 0) is 19.9 Å². The predicted molar refractivity (Wildman–Crippen MR) is 62.1 cm³/mol. The zero-order valence-corrected chi connectivity index (χ0v) is 9.86. The third-order valence-corrected chi connectivity index (χ3v) is 2.39. The van der Waals surface area contributed by atoms with Crippen LogP contribution >= 0.6 is 0 Å². The van der Waals surface area contributed by atoms with E-state index in [2.05, 4.69) is 19.2 Å². The van der Waals surface area contributed by atoms with E-state index in [1.54, 1.807) is 9.13 Å². The van der Waals surface area contributed by atoms with Crippen molar-refractivity contribution >= 4 is 0 Å². The third-order valence-electron chi connectivity index (χ3n) is 2.39. The minimum atomic E-state index is 0.0991. The summed E-state index contributed by atoms with van der Waals surface area (Å²) in [4.78, 5) is 11.6.